The maximum Gasteiger partial charge on any atom is 0.329 e. The van der Waals surface area contributed by atoms with Crippen LogP contribution in [-0.4, -0.2) is 46.8 Å². The van der Waals surface area contributed by atoms with Gasteiger partial charge in [0.25, 0.3) is 5.91 Å². The second-order valence-corrected chi connectivity index (χ2v) is 7.63. The van der Waals surface area contributed by atoms with Crippen molar-refractivity contribution in [3.63, 3.8) is 0 Å². The lowest BCUT2D eigenvalue weighted by Gasteiger charge is -2.23. The Bertz CT molecular complexity index is 528. The maximum absolute atomic E-state index is 12.4. The minimum atomic E-state index is -1.00. The lowest BCUT2D eigenvalue weighted by molar-refractivity contribution is -0.159. The van der Waals surface area contributed by atoms with Crippen LogP contribution < -0.4 is 5.32 Å². The second kappa shape index (κ2) is 6.91. The maximum atomic E-state index is 12.4. The summed E-state index contributed by atoms with van der Waals surface area (Å²) in [6.07, 6.45) is 3.25. The zero-order valence-electron chi connectivity index (χ0n) is 14.8. The highest BCUT2D eigenvalue weighted by atomic mass is 16.5. The van der Waals surface area contributed by atoms with Crippen LogP contribution in [0.4, 0.5) is 0 Å². The standard InChI is InChI=1S/C17H26N2O5/c1-10(16(23)24-9-13(20)18-17(2,3)4)19-14(21)11-7-5-6-8-12(11)15(19)22/h10-12H,5-9H2,1-4H3,(H,18,20)/t10-,11+,12+/m0/s1. The van der Waals surface area contributed by atoms with E-state index < -0.39 is 30.1 Å². The van der Waals surface area contributed by atoms with Gasteiger partial charge >= 0.3 is 5.97 Å². The molecule has 2 aliphatic rings. The smallest absolute Gasteiger partial charge is 0.329 e. The zero-order chi connectivity index (χ0) is 18.1. The zero-order valence-corrected chi connectivity index (χ0v) is 14.8. The van der Waals surface area contributed by atoms with E-state index in [1.165, 1.54) is 6.92 Å². The first kappa shape index (κ1) is 18.4. The van der Waals surface area contributed by atoms with E-state index in [1.807, 2.05) is 20.8 Å². The summed E-state index contributed by atoms with van der Waals surface area (Å²) in [5, 5.41) is 2.68. The van der Waals surface area contributed by atoms with Crippen LogP contribution in [0.1, 0.15) is 53.4 Å². The quantitative estimate of drug-likeness (QED) is 0.610. The van der Waals surface area contributed by atoms with Gasteiger partial charge < -0.3 is 10.1 Å². The first-order chi connectivity index (χ1) is 11.1. The predicted molar refractivity (Wildman–Crippen MR) is 85.6 cm³/mol. The van der Waals surface area contributed by atoms with E-state index in [-0.39, 0.29) is 23.7 Å². The number of ether oxygens (including phenoxy) is 1. The van der Waals surface area contributed by atoms with Gasteiger partial charge in [-0.05, 0) is 40.5 Å². The summed E-state index contributed by atoms with van der Waals surface area (Å²) in [4.78, 5) is 49.8. The Balaban J connectivity index is 1.94. The summed E-state index contributed by atoms with van der Waals surface area (Å²) >= 11 is 0. The monoisotopic (exact) mass is 338 g/mol. The van der Waals surface area contributed by atoms with Crippen molar-refractivity contribution < 1.29 is 23.9 Å². The molecular weight excluding hydrogens is 312 g/mol. The van der Waals surface area contributed by atoms with Crippen LogP contribution in [0.5, 0.6) is 0 Å². The predicted octanol–water partition coefficient (Wildman–Crippen LogP) is 1.01. The van der Waals surface area contributed by atoms with Crippen LogP contribution in [0.15, 0.2) is 0 Å². The van der Waals surface area contributed by atoms with E-state index in [1.54, 1.807) is 0 Å². The first-order valence-corrected chi connectivity index (χ1v) is 8.46. The SMILES string of the molecule is C[C@@H](C(=O)OCC(=O)NC(C)(C)C)N1C(=O)[C@@H]2CCCC[C@H]2C1=O. The van der Waals surface area contributed by atoms with Crippen LogP contribution >= 0.6 is 0 Å². The number of nitrogens with one attached hydrogen (secondary N) is 1. The summed E-state index contributed by atoms with van der Waals surface area (Å²) in [5.74, 6) is -2.33. The molecule has 1 heterocycles. The summed E-state index contributed by atoms with van der Waals surface area (Å²) in [7, 11) is 0. The van der Waals surface area contributed by atoms with Crippen molar-refractivity contribution in [1.82, 2.24) is 10.2 Å². The van der Waals surface area contributed by atoms with Crippen molar-refractivity contribution in [2.24, 2.45) is 11.8 Å². The number of amides is 3. The van der Waals surface area contributed by atoms with Gasteiger partial charge in [0, 0.05) is 5.54 Å². The van der Waals surface area contributed by atoms with E-state index in [9.17, 15) is 19.2 Å². The summed E-state index contributed by atoms with van der Waals surface area (Å²) < 4.78 is 4.98. The minimum Gasteiger partial charge on any atom is -0.454 e. The molecule has 0 spiro atoms. The van der Waals surface area contributed by atoms with Crippen molar-refractivity contribution in [1.29, 1.82) is 0 Å². The Morgan fingerprint density at radius 1 is 1.17 bits per heavy atom. The highest BCUT2D eigenvalue weighted by Crippen LogP contribution is 2.38. The third-order valence-corrected chi connectivity index (χ3v) is 4.46. The van der Waals surface area contributed by atoms with Crippen molar-refractivity contribution in [3.05, 3.63) is 0 Å². The number of hydrogen-bond acceptors (Lipinski definition) is 5. The molecule has 2 rings (SSSR count). The Kier molecular flexibility index (Phi) is 5.30. The molecule has 0 radical (unpaired) electrons. The summed E-state index contributed by atoms with van der Waals surface area (Å²) in [6.45, 7) is 6.50. The van der Waals surface area contributed by atoms with Gasteiger partial charge in [-0.25, -0.2) is 4.79 Å². The lowest BCUT2D eigenvalue weighted by atomic mass is 9.81. The number of rotatable bonds is 4. The normalized spacial score (nSPS) is 25.2. The number of imide groups is 1. The van der Waals surface area contributed by atoms with Gasteiger partial charge in [-0.1, -0.05) is 12.8 Å². The first-order valence-electron chi connectivity index (χ1n) is 8.46. The van der Waals surface area contributed by atoms with Crippen molar-refractivity contribution in [2.75, 3.05) is 6.61 Å². The molecule has 2 fully saturated rings. The van der Waals surface area contributed by atoms with Crippen LogP contribution in [0, 0.1) is 11.8 Å². The van der Waals surface area contributed by atoms with E-state index in [0.717, 1.165) is 17.7 Å². The molecule has 24 heavy (non-hydrogen) atoms. The van der Waals surface area contributed by atoms with Crippen LogP contribution in [-0.2, 0) is 23.9 Å². The van der Waals surface area contributed by atoms with Gasteiger partial charge in [-0.2, -0.15) is 0 Å². The Morgan fingerprint density at radius 3 is 2.12 bits per heavy atom. The molecule has 1 saturated carbocycles. The summed E-state index contributed by atoms with van der Waals surface area (Å²) in [6, 6.07) is -1.00. The lowest BCUT2D eigenvalue weighted by Crippen LogP contribution is -2.46. The van der Waals surface area contributed by atoms with Crippen molar-refractivity contribution >= 4 is 23.7 Å². The average molecular weight is 338 g/mol. The molecule has 1 saturated heterocycles. The van der Waals surface area contributed by atoms with Crippen LogP contribution in [0.2, 0.25) is 0 Å². The minimum absolute atomic E-state index is 0.284. The highest BCUT2D eigenvalue weighted by molar-refractivity contribution is 6.07. The number of nitrogens with zero attached hydrogens (tertiary/aromatic N) is 1. The Labute approximate surface area is 142 Å². The second-order valence-electron chi connectivity index (χ2n) is 7.63. The molecule has 1 N–H and O–H groups in total. The van der Waals surface area contributed by atoms with Crippen LogP contribution in [0.25, 0.3) is 0 Å². The van der Waals surface area contributed by atoms with Crippen molar-refractivity contribution in [2.45, 2.75) is 65.0 Å². The highest BCUT2D eigenvalue weighted by Gasteiger charge is 2.51. The van der Waals surface area contributed by atoms with E-state index in [0.29, 0.717) is 12.8 Å². The molecule has 0 aromatic rings. The summed E-state index contributed by atoms with van der Waals surface area (Å²) in [5.41, 5.74) is -0.425. The van der Waals surface area contributed by atoms with E-state index >= 15 is 0 Å². The number of esters is 1. The molecule has 7 heteroatoms. The molecule has 3 amide bonds. The third-order valence-electron chi connectivity index (χ3n) is 4.46. The Morgan fingerprint density at radius 2 is 1.67 bits per heavy atom. The molecule has 1 aliphatic carbocycles. The molecule has 0 unspecified atom stereocenters. The molecule has 0 aromatic carbocycles. The molecule has 134 valence electrons. The van der Waals surface area contributed by atoms with Crippen molar-refractivity contribution in [3.8, 4) is 0 Å². The number of carbonyl (C=O) groups excluding carboxylic acids is 4. The molecule has 1 aliphatic heterocycles. The fourth-order valence-corrected chi connectivity index (χ4v) is 3.39. The molecule has 0 aromatic heterocycles. The van der Waals surface area contributed by atoms with Crippen LogP contribution in [0.3, 0.4) is 0 Å². The van der Waals surface area contributed by atoms with E-state index in [4.69, 9.17) is 4.74 Å². The van der Waals surface area contributed by atoms with Gasteiger partial charge in [-0.3, -0.25) is 19.3 Å². The van der Waals surface area contributed by atoms with Gasteiger partial charge in [0.15, 0.2) is 6.61 Å². The van der Waals surface area contributed by atoms with Gasteiger partial charge in [-0.15, -0.1) is 0 Å². The van der Waals surface area contributed by atoms with E-state index in [2.05, 4.69) is 5.32 Å². The largest absolute Gasteiger partial charge is 0.454 e. The fraction of sp³-hybridized carbons (Fsp3) is 0.765. The Hall–Kier alpha value is -1.92. The number of fused-ring (bicyclic) bond motifs is 1. The molecule has 7 nitrogen and oxygen atoms in total. The molecule has 3 atom stereocenters. The molecule has 0 bridgehead atoms. The van der Waals surface area contributed by atoms with Gasteiger partial charge in [0.1, 0.15) is 6.04 Å². The van der Waals surface area contributed by atoms with Gasteiger partial charge in [0.2, 0.25) is 11.8 Å². The number of hydrogen-bond donors (Lipinski definition) is 1. The van der Waals surface area contributed by atoms with Gasteiger partial charge in [0.05, 0.1) is 11.8 Å². The average Bonchev–Trinajstić information content (AvgIpc) is 2.74. The fourth-order valence-electron chi connectivity index (χ4n) is 3.39. The topological polar surface area (TPSA) is 92.8 Å². The number of likely N-dealkylation sites (tertiary alicyclic amines) is 1. The third kappa shape index (κ3) is 3.94. The number of carbonyl (C=O) groups is 4. The molecular formula is C17H26N2O5.